The Morgan fingerprint density at radius 3 is 2.28 bits per heavy atom. The molecule has 2 aromatic rings. The van der Waals surface area contributed by atoms with Gasteiger partial charge in [0.15, 0.2) is 0 Å². The summed E-state index contributed by atoms with van der Waals surface area (Å²) in [7, 11) is -3.59. The van der Waals surface area contributed by atoms with Crippen LogP contribution in [-0.2, 0) is 15.4 Å². The summed E-state index contributed by atoms with van der Waals surface area (Å²) in [6.07, 6.45) is 3.36. The predicted molar refractivity (Wildman–Crippen MR) is 121 cm³/mol. The molecular weight excluding hydrogens is 380 g/mol. The van der Waals surface area contributed by atoms with Crippen molar-refractivity contribution in [2.45, 2.75) is 63.2 Å². The fourth-order valence-corrected chi connectivity index (χ4v) is 5.01. The van der Waals surface area contributed by atoms with Crippen molar-refractivity contribution in [1.29, 1.82) is 0 Å². The van der Waals surface area contributed by atoms with E-state index in [2.05, 4.69) is 49.4 Å². The minimum absolute atomic E-state index is 0.0402. The van der Waals surface area contributed by atoms with Gasteiger partial charge in [0, 0.05) is 12.2 Å². The molecule has 0 radical (unpaired) electrons. The van der Waals surface area contributed by atoms with Crippen molar-refractivity contribution in [2.24, 2.45) is 0 Å². The third kappa shape index (κ3) is 5.20. The molecule has 2 aromatic carbocycles. The second-order valence-electron chi connectivity index (χ2n) is 8.78. The lowest BCUT2D eigenvalue weighted by Crippen LogP contribution is -2.20. The van der Waals surface area contributed by atoms with Crippen LogP contribution in [0.4, 0.5) is 5.69 Å². The van der Waals surface area contributed by atoms with E-state index < -0.39 is 10.0 Å². The molecule has 1 heterocycles. The minimum atomic E-state index is -3.59. The summed E-state index contributed by atoms with van der Waals surface area (Å²) in [4.78, 5) is 2.80. The fraction of sp³-hybridized carbons (Fsp3) is 0.500. The van der Waals surface area contributed by atoms with Crippen LogP contribution in [0.3, 0.4) is 0 Å². The number of benzene rings is 2. The van der Waals surface area contributed by atoms with Crippen LogP contribution in [0.25, 0.3) is 0 Å². The molecule has 1 saturated heterocycles. The Labute approximate surface area is 176 Å². The number of hydrogen-bond acceptors (Lipinski definition) is 3. The van der Waals surface area contributed by atoms with Crippen molar-refractivity contribution in [3.63, 3.8) is 0 Å². The molecule has 0 saturated carbocycles. The molecule has 3 rings (SSSR count). The van der Waals surface area contributed by atoms with Crippen LogP contribution < -0.4 is 4.72 Å². The van der Waals surface area contributed by atoms with E-state index in [1.54, 1.807) is 12.1 Å². The van der Waals surface area contributed by atoms with Crippen LogP contribution in [0, 0.1) is 0 Å². The third-order valence-electron chi connectivity index (χ3n) is 6.28. The summed E-state index contributed by atoms with van der Waals surface area (Å²) in [6, 6.07) is 15.1. The predicted octanol–water partition coefficient (Wildman–Crippen LogP) is 5.37. The third-order valence-corrected chi connectivity index (χ3v) is 7.67. The number of nitrogens with one attached hydrogen (secondary N) is 1. The Morgan fingerprint density at radius 1 is 1.03 bits per heavy atom. The maximum Gasteiger partial charge on any atom is 0.261 e. The second-order valence-corrected chi connectivity index (χ2v) is 10.5. The summed E-state index contributed by atoms with van der Waals surface area (Å²) in [5.41, 5.74) is 3.09. The van der Waals surface area contributed by atoms with E-state index in [4.69, 9.17) is 0 Å². The van der Waals surface area contributed by atoms with E-state index in [0.29, 0.717) is 16.5 Å². The topological polar surface area (TPSA) is 49.4 Å². The van der Waals surface area contributed by atoms with Gasteiger partial charge >= 0.3 is 0 Å². The van der Waals surface area contributed by atoms with Gasteiger partial charge in [-0.15, -0.1) is 0 Å². The van der Waals surface area contributed by atoms with Gasteiger partial charge in [0.2, 0.25) is 0 Å². The lowest BCUT2D eigenvalue weighted by atomic mass is 9.82. The average Bonchev–Trinajstić information content (AvgIpc) is 3.17. The maximum absolute atomic E-state index is 12.8. The van der Waals surface area contributed by atoms with E-state index in [1.165, 1.54) is 18.4 Å². The first-order valence-electron chi connectivity index (χ1n) is 10.7. The van der Waals surface area contributed by atoms with Gasteiger partial charge in [-0.1, -0.05) is 52.0 Å². The van der Waals surface area contributed by atoms with Gasteiger partial charge in [-0.3, -0.25) is 4.72 Å². The number of anilines is 1. The highest BCUT2D eigenvalue weighted by Crippen LogP contribution is 2.30. The second kappa shape index (κ2) is 8.88. The lowest BCUT2D eigenvalue weighted by molar-refractivity contribution is 0.335. The van der Waals surface area contributed by atoms with Crippen molar-refractivity contribution < 1.29 is 8.42 Å². The normalized spacial score (nSPS) is 18.1. The molecule has 5 heteroatoms. The van der Waals surface area contributed by atoms with Gasteiger partial charge in [0.25, 0.3) is 10.0 Å². The first-order chi connectivity index (χ1) is 13.7. The Hall–Kier alpha value is -1.85. The molecule has 1 aliphatic rings. The molecule has 1 N–H and O–H groups in total. The lowest BCUT2D eigenvalue weighted by Gasteiger charge is -2.23. The Bertz CT molecular complexity index is 903. The van der Waals surface area contributed by atoms with Gasteiger partial charge in [0.1, 0.15) is 0 Å². The Balaban J connectivity index is 1.68. The molecule has 0 aliphatic carbocycles. The smallest absolute Gasteiger partial charge is 0.261 e. The maximum atomic E-state index is 12.8. The molecule has 1 fully saturated rings. The first-order valence-corrected chi connectivity index (χ1v) is 12.2. The van der Waals surface area contributed by atoms with Crippen molar-refractivity contribution in [1.82, 2.24) is 4.90 Å². The summed E-state index contributed by atoms with van der Waals surface area (Å²) < 4.78 is 28.3. The Kier molecular flexibility index (Phi) is 6.69. The number of likely N-dealkylation sites (tertiary alicyclic amines) is 1. The number of hydrogen-bond donors (Lipinski definition) is 1. The van der Waals surface area contributed by atoms with Crippen molar-refractivity contribution in [3.05, 3.63) is 59.7 Å². The van der Waals surface area contributed by atoms with Crippen molar-refractivity contribution in [3.8, 4) is 0 Å². The van der Waals surface area contributed by atoms with Gasteiger partial charge in [-0.05, 0) is 79.1 Å². The SMILES string of the molecule is CCCN1CCC(c2ccc(NS(=O)(=O)c3ccc(C(C)(C)CC)cc3)cc2)C1. The van der Waals surface area contributed by atoms with Crippen molar-refractivity contribution in [2.75, 3.05) is 24.4 Å². The van der Waals surface area contributed by atoms with Gasteiger partial charge < -0.3 is 4.90 Å². The summed E-state index contributed by atoms with van der Waals surface area (Å²) >= 11 is 0. The van der Waals surface area contributed by atoms with E-state index in [9.17, 15) is 8.42 Å². The fourth-order valence-electron chi connectivity index (χ4n) is 3.95. The molecule has 1 atom stereocenters. The highest BCUT2D eigenvalue weighted by atomic mass is 32.2. The van der Waals surface area contributed by atoms with E-state index in [-0.39, 0.29) is 5.41 Å². The number of rotatable bonds is 8. The van der Waals surface area contributed by atoms with E-state index in [1.807, 2.05) is 24.3 Å². The largest absolute Gasteiger partial charge is 0.303 e. The van der Waals surface area contributed by atoms with Gasteiger partial charge in [0.05, 0.1) is 4.90 Å². The molecule has 0 bridgehead atoms. The van der Waals surface area contributed by atoms with E-state index in [0.717, 1.165) is 31.6 Å². The zero-order chi connectivity index (χ0) is 21.1. The first kappa shape index (κ1) is 21.8. The Morgan fingerprint density at radius 2 is 1.69 bits per heavy atom. The molecule has 0 amide bonds. The van der Waals surface area contributed by atoms with Crippen molar-refractivity contribution >= 4 is 15.7 Å². The zero-order valence-corrected chi connectivity index (χ0v) is 18.9. The molecule has 0 spiro atoms. The van der Waals surface area contributed by atoms with Crippen LogP contribution in [0.1, 0.15) is 64.0 Å². The average molecular weight is 415 g/mol. The van der Waals surface area contributed by atoms with Crippen LogP contribution in [0.5, 0.6) is 0 Å². The summed E-state index contributed by atoms with van der Waals surface area (Å²) in [6.45, 7) is 12.1. The van der Waals surface area contributed by atoms with Crippen LogP contribution in [0.2, 0.25) is 0 Å². The molecule has 29 heavy (non-hydrogen) atoms. The van der Waals surface area contributed by atoms with Crippen LogP contribution in [-0.4, -0.2) is 33.0 Å². The summed E-state index contributed by atoms with van der Waals surface area (Å²) in [5, 5.41) is 0. The molecular formula is C24H34N2O2S. The van der Waals surface area contributed by atoms with Gasteiger partial charge in [-0.2, -0.15) is 0 Å². The molecule has 4 nitrogen and oxygen atoms in total. The van der Waals surface area contributed by atoms with Crippen LogP contribution in [0.15, 0.2) is 53.4 Å². The molecule has 1 aliphatic heterocycles. The standard InChI is InChI=1S/C24H34N2O2S/c1-5-16-26-17-15-20(18-26)19-7-11-22(12-8-19)25-29(27,28)23-13-9-21(10-14-23)24(3,4)6-2/h7-14,20,25H,5-6,15-18H2,1-4H3. The van der Waals surface area contributed by atoms with Gasteiger partial charge in [-0.25, -0.2) is 8.42 Å². The monoisotopic (exact) mass is 414 g/mol. The molecule has 158 valence electrons. The number of sulfonamides is 1. The summed E-state index contributed by atoms with van der Waals surface area (Å²) in [5.74, 6) is 0.543. The highest BCUT2D eigenvalue weighted by Gasteiger charge is 2.23. The minimum Gasteiger partial charge on any atom is -0.303 e. The zero-order valence-electron chi connectivity index (χ0n) is 18.1. The quantitative estimate of drug-likeness (QED) is 0.631. The van der Waals surface area contributed by atoms with E-state index >= 15 is 0 Å². The number of nitrogens with zero attached hydrogens (tertiary/aromatic N) is 1. The molecule has 0 aromatic heterocycles. The highest BCUT2D eigenvalue weighted by molar-refractivity contribution is 7.92. The molecule has 1 unspecified atom stereocenters. The van der Waals surface area contributed by atoms with Crippen LogP contribution >= 0.6 is 0 Å².